The van der Waals surface area contributed by atoms with Crippen LogP contribution in [0.4, 0.5) is 9.18 Å². The van der Waals surface area contributed by atoms with Gasteiger partial charge in [-0.1, -0.05) is 31.5 Å². The summed E-state index contributed by atoms with van der Waals surface area (Å²) in [5.74, 6) is 1.07. The van der Waals surface area contributed by atoms with E-state index in [-0.39, 0.29) is 5.82 Å². The van der Waals surface area contributed by atoms with Crippen molar-refractivity contribution in [1.82, 2.24) is 9.88 Å². The van der Waals surface area contributed by atoms with Crippen molar-refractivity contribution in [1.29, 1.82) is 0 Å². The van der Waals surface area contributed by atoms with Gasteiger partial charge in [-0.05, 0) is 59.7 Å². The maximum atomic E-state index is 13.1. The molecule has 5 nitrogen and oxygen atoms in total. The molecular weight excluding hydrogens is 379 g/mol. The second-order valence-corrected chi connectivity index (χ2v) is 7.67. The number of oxazole rings is 1. The topological polar surface area (TPSA) is 64.2 Å². The molecule has 0 unspecified atom stereocenters. The van der Waals surface area contributed by atoms with Crippen LogP contribution < -0.4 is 11.1 Å². The minimum absolute atomic E-state index is 0.317. The highest BCUT2D eigenvalue weighted by atomic mass is 32.2. The van der Waals surface area contributed by atoms with Crippen molar-refractivity contribution in [3.05, 3.63) is 58.8 Å². The normalized spacial score (nSPS) is 11.1. The summed E-state index contributed by atoms with van der Waals surface area (Å²) in [6.45, 7) is 2.67. The van der Waals surface area contributed by atoms with Crippen molar-refractivity contribution in [2.24, 2.45) is 0 Å². The van der Waals surface area contributed by atoms with Gasteiger partial charge in [0.1, 0.15) is 5.82 Å². The van der Waals surface area contributed by atoms with Gasteiger partial charge in [-0.15, -0.1) is 0 Å². The maximum Gasteiger partial charge on any atom is 0.428 e. The zero-order valence-electron chi connectivity index (χ0n) is 15.7. The molecule has 1 aromatic heterocycles. The van der Waals surface area contributed by atoms with Gasteiger partial charge in [0.15, 0.2) is 5.58 Å². The molecule has 0 radical (unpaired) electrons. The summed E-state index contributed by atoms with van der Waals surface area (Å²) in [6.07, 6.45) is 3.23. The van der Waals surface area contributed by atoms with E-state index in [1.54, 1.807) is 30.3 Å². The number of aromatic nitrogens is 1. The molecule has 0 aliphatic heterocycles. The molecule has 28 heavy (non-hydrogen) atoms. The number of nitrogens with zero attached hydrogens (tertiary/aromatic N) is 1. The fourth-order valence-corrected chi connectivity index (χ4v) is 3.88. The van der Waals surface area contributed by atoms with Crippen molar-refractivity contribution < 1.29 is 13.6 Å². The molecule has 148 valence electrons. The Labute approximate surface area is 166 Å². The first-order chi connectivity index (χ1) is 13.6. The third-order valence-corrected chi connectivity index (χ3v) is 5.50. The third kappa shape index (κ3) is 4.84. The average molecular weight is 402 g/mol. The van der Waals surface area contributed by atoms with E-state index in [0.29, 0.717) is 17.6 Å². The van der Waals surface area contributed by atoms with E-state index in [2.05, 4.69) is 12.2 Å². The Bertz CT molecular complexity index is 995. The van der Waals surface area contributed by atoms with Crippen LogP contribution in [-0.2, 0) is 0 Å². The van der Waals surface area contributed by atoms with Gasteiger partial charge in [0.2, 0.25) is 0 Å². The first-order valence-electron chi connectivity index (χ1n) is 9.37. The van der Waals surface area contributed by atoms with Crippen LogP contribution in [-0.4, -0.2) is 28.6 Å². The smallest absolute Gasteiger partial charge is 0.407 e. The number of unbranched alkanes of at least 4 members (excludes halogenated alkanes) is 1. The van der Waals surface area contributed by atoms with Crippen LogP contribution in [0.3, 0.4) is 0 Å². The highest BCUT2D eigenvalue weighted by Gasteiger charge is 2.16. The second kappa shape index (κ2) is 9.59. The lowest BCUT2D eigenvalue weighted by Crippen LogP contribution is -2.34. The fraction of sp³-hybridized carbons (Fsp3) is 0.333. The highest BCUT2D eigenvalue weighted by Crippen LogP contribution is 2.24. The Morgan fingerprint density at radius 1 is 1.11 bits per heavy atom. The number of amides is 1. The van der Waals surface area contributed by atoms with E-state index in [9.17, 15) is 14.0 Å². The Morgan fingerprint density at radius 3 is 2.57 bits per heavy atom. The van der Waals surface area contributed by atoms with Crippen LogP contribution in [0.25, 0.3) is 22.2 Å². The molecule has 0 saturated heterocycles. The molecule has 0 aliphatic carbocycles. The molecular formula is C21H23FN2O3S. The number of hydrogen-bond acceptors (Lipinski definition) is 4. The molecule has 0 bridgehead atoms. The van der Waals surface area contributed by atoms with Crippen molar-refractivity contribution in [3.63, 3.8) is 0 Å². The van der Waals surface area contributed by atoms with Gasteiger partial charge in [0.05, 0.1) is 5.52 Å². The van der Waals surface area contributed by atoms with Crippen molar-refractivity contribution in [2.45, 2.75) is 26.2 Å². The summed E-state index contributed by atoms with van der Waals surface area (Å²) < 4.78 is 19.4. The van der Waals surface area contributed by atoms with Crippen molar-refractivity contribution in [2.75, 3.05) is 18.1 Å². The van der Waals surface area contributed by atoms with E-state index < -0.39 is 11.8 Å². The number of rotatable bonds is 8. The SMILES string of the molecule is CCCCSCCCNC(=O)n1c(=O)oc2cc(-c3ccc(F)cc3)ccc21. The predicted octanol–water partition coefficient (Wildman–Crippen LogP) is 4.88. The van der Waals surface area contributed by atoms with E-state index in [0.717, 1.165) is 33.6 Å². The summed E-state index contributed by atoms with van der Waals surface area (Å²) in [6, 6.07) is 10.7. The molecule has 7 heteroatoms. The Morgan fingerprint density at radius 2 is 1.82 bits per heavy atom. The molecule has 0 saturated carbocycles. The van der Waals surface area contributed by atoms with E-state index in [1.165, 1.54) is 25.0 Å². The predicted molar refractivity (Wildman–Crippen MR) is 112 cm³/mol. The van der Waals surface area contributed by atoms with Gasteiger partial charge in [-0.2, -0.15) is 16.3 Å². The van der Waals surface area contributed by atoms with Crippen LogP contribution in [0.2, 0.25) is 0 Å². The zero-order chi connectivity index (χ0) is 19.9. The number of nitrogens with one attached hydrogen (secondary N) is 1. The number of carbonyl (C=O) groups is 1. The Balaban J connectivity index is 1.68. The number of halogens is 1. The molecule has 3 rings (SSSR count). The van der Waals surface area contributed by atoms with Crippen molar-refractivity contribution in [3.8, 4) is 11.1 Å². The maximum absolute atomic E-state index is 13.1. The number of benzene rings is 2. The summed E-state index contributed by atoms with van der Waals surface area (Å²) in [5.41, 5.74) is 2.30. The molecule has 0 spiro atoms. The van der Waals surface area contributed by atoms with Gasteiger partial charge in [0.25, 0.3) is 0 Å². The summed E-state index contributed by atoms with van der Waals surface area (Å²) in [7, 11) is 0. The highest BCUT2D eigenvalue weighted by molar-refractivity contribution is 7.99. The molecule has 1 heterocycles. The molecule has 0 atom stereocenters. The number of fused-ring (bicyclic) bond motifs is 1. The van der Waals surface area contributed by atoms with Gasteiger partial charge in [0, 0.05) is 6.54 Å². The van der Waals surface area contributed by atoms with E-state index >= 15 is 0 Å². The van der Waals surface area contributed by atoms with Crippen LogP contribution in [0.1, 0.15) is 26.2 Å². The summed E-state index contributed by atoms with van der Waals surface area (Å²) in [4.78, 5) is 24.6. The number of thioether (sulfide) groups is 1. The van der Waals surface area contributed by atoms with Gasteiger partial charge < -0.3 is 9.73 Å². The van der Waals surface area contributed by atoms with E-state index in [4.69, 9.17) is 4.42 Å². The lowest BCUT2D eigenvalue weighted by molar-refractivity contribution is 0.241. The van der Waals surface area contributed by atoms with Gasteiger partial charge in [-0.3, -0.25) is 0 Å². The first kappa shape index (κ1) is 20.2. The molecule has 1 N–H and O–H groups in total. The molecule has 2 aromatic carbocycles. The third-order valence-electron chi connectivity index (χ3n) is 4.35. The average Bonchev–Trinajstić information content (AvgIpc) is 3.02. The van der Waals surface area contributed by atoms with Crippen LogP contribution in [0.5, 0.6) is 0 Å². The minimum atomic E-state index is -0.721. The lowest BCUT2D eigenvalue weighted by atomic mass is 10.1. The Hall–Kier alpha value is -2.54. The monoisotopic (exact) mass is 402 g/mol. The first-order valence-corrected chi connectivity index (χ1v) is 10.5. The van der Waals surface area contributed by atoms with E-state index in [1.807, 2.05) is 11.8 Å². The van der Waals surface area contributed by atoms with Crippen LogP contribution in [0.15, 0.2) is 51.7 Å². The quantitative estimate of drug-likeness (QED) is 0.545. The fourth-order valence-electron chi connectivity index (χ4n) is 2.83. The second-order valence-electron chi connectivity index (χ2n) is 6.44. The molecule has 1 amide bonds. The minimum Gasteiger partial charge on any atom is -0.407 e. The molecule has 3 aromatic rings. The number of hydrogen-bond donors (Lipinski definition) is 1. The van der Waals surface area contributed by atoms with Crippen molar-refractivity contribution >= 4 is 28.9 Å². The standard InChI is InChI=1S/C21H23FN2O3S/c1-2-3-12-28-13-4-11-23-20(25)24-18-10-7-16(14-19(18)27-21(24)26)15-5-8-17(22)9-6-15/h5-10,14H,2-4,11-13H2,1H3,(H,23,25). The summed E-state index contributed by atoms with van der Waals surface area (Å²) >= 11 is 1.87. The Kier molecular flexibility index (Phi) is 6.92. The molecule has 0 fully saturated rings. The van der Waals surface area contributed by atoms with Gasteiger partial charge in [-0.25, -0.2) is 14.0 Å². The summed E-state index contributed by atoms with van der Waals surface area (Å²) in [5, 5.41) is 2.77. The largest absolute Gasteiger partial charge is 0.428 e. The van der Waals surface area contributed by atoms with Gasteiger partial charge >= 0.3 is 11.8 Å². The van der Waals surface area contributed by atoms with Crippen LogP contribution >= 0.6 is 11.8 Å². The zero-order valence-corrected chi connectivity index (χ0v) is 16.6. The van der Waals surface area contributed by atoms with Crippen LogP contribution in [0, 0.1) is 5.82 Å². The lowest BCUT2D eigenvalue weighted by Gasteiger charge is -2.06. The molecule has 0 aliphatic rings. The number of carbonyl (C=O) groups excluding carboxylic acids is 1.